The van der Waals surface area contributed by atoms with Gasteiger partial charge in [0.25, 0.3) is 0 Å². The summed E-state index contributed by atoms with van der Waals surface area (Å²) in [5.74, 6) is 0.0360. The van der Waals surface area contributed by atoms with E-state index in [2.05, 4.69) is 31.2 Å². The van der Waals surface area contributed by atoms with E-state index in [0.29, 0.717) is 5.56 Å². The fourth-order valence-electron chi connectivity index (χ4n) is 3.91. The Morgan fingerprint density at radius 1 is 0.757 bits per heavy atom. The quantitative estimate of drug-likeness (QED) is 0.115. The van der Waals surface area contributed by atoms with Crippen molar-refractivity contribution >= 4 is 23.7 Å². The topological polar surface area (TPSA) is 52.6 Å². The minimum Gasteiger partial charge on any atom is -0.458 e. The first-order valence-corrected chi connectivity index (χ1v) is 14.3. The first-order valence-electron chi connectivity index (χ1n) is 13.3. The number of carbonyl (C=O) groups is 2. The van der Waals surface area contributed by atoms with Gasteiger partial charge in [0.05, 0.1) is 5.56 Å². The van der Waals surface area contributed by atoms with Gasteiger partial charge < -0.3 is 9.47 Å². The van der Waals surface area contributed by atoms with Crippen LogP contribution in [-0.2, 0) is 20.9 Å². The van der Waals surface area contributed by atoms with Crippen LogP contribution in [0.4, 0.5) is 0 Å². The zero-order valence-electron chi connectivity index (χ0n) is 22.0. The molecule has 4 nitrogen and oxygen atoms in total. The number of rotatable bonds is 15. The smallest absolute Gasteiger partial charge is 0.347 e. The fraction of sp³-hybridized carbons (Fsp3) is 0.375. The van der Waals surface area contributed by atoms with Crippen LogP contribution in [0.1, 0.15) is 74.7 Å². The van der Waals surface area contributed by atoms with E-state index in [1.165, 1.54) is 56.8 Å². The van der Waals surface area contributed by atoms with Gasteiger partial charge in [0.15, 0.2) is 6.10 Å². The number of hydrogen-bond donors (Lipinski definition) is 0. The van der Waals surface area contributed by atoms with Gasteiger partial charge in [-0.1, -0.05) is 100 Å². The molecule has 0 aromatic heterocycles. The SMILES string of the molecule is CCCCCCCCCSc1ccc(-c2ccc(C(=O)O[C@@H](C)C(=O)OCc3ccccc3)cc2)cc1. The van der Waals surface area contributed by atoms with Crippen LogP contribution in [0, 0.1) is 0 Å². The van der Waals surface area contributed by atoms with Crippen LogP contribution in [0.5, 0.6) is 0 Å². The molecule has 0 aliphatic heterocycles. The molecule has 0 spiro atoms. The monoisotopic (exact) mass is 518 g/mol. The third kappa shape index (κ3) is 10.1. The summed E-state index contributed by atoms with van der Waals surface area (Å²) in [4.78, 5) is 26.0. The second-order valence-corrected chi connectivity index (χ2v) is 10.4. The molecule has 0 aliphatic rings. The average Bonchev–Trinajstić information content (AvgIpc) is 2.94. The van der Waals surface area contributed by atoms with Gasteiger partial charge in [0.1, 0.15) is 6.61 Å². The lowest BCUT2D eigenvalue weighted by Gasteiger charge is -2.13. The summed E-state index contributed by atoms with van der Waals surface area (Å²) < 4.78 is 10.6. The highest BCUT2D eigenvalue weighted by molar-refractivity contribution is 7.99. The highest BCUT2D eigenvalue weighted by Crippen LogP contribution is 2.26. The van der Waals surface area contributed by atoms with Crippen molar-refractivity contribution < 1.29 is 19.1 Å². The van der Waals surface area contributed by atoms with Crippen molar-refractivity contribution in [2.24, 2.45) is 0 Å². The van der Waals surface area contributed by atoms with Crippen LogP contribution in [0.15, 0.2) is 83.8 Å². The van der Waals surface area contributed by atoms with Crippen molar-refractivity contribution in [3.8, 4) is 11.1 Å². The molecule has 0 N–H and O–H groups in total. The lowest BCUT2D eigenvalue weighted by atomic mass is 10.0. The Morgan fingerprint density at radius 3 is 2.00 bits per heavy atom. The summed E-state index contributed by atoms with van der Waals surface area (Å²) in [6, 6.07) is 25.2. The van der Waals surface area contributed by atoms with Crippen LogP contribution in [-0.4, -0.2) is 23.8 Å². The largest absolute Gasteiger partial charge is 0.458 e. The van der Waals surface area contributed by atoms with Crippen molar-refractivity contribution in [3.05, 3.63) is 90.0 Å². The second kappa shape index (κ2) is 15.9. The highest BCUT2D eigenvalue weighted by atomic mass is 32.2. The molecule has 3 aromatic rings. The summed E-state index contributed by atoms with van der Waals surface area (Å²) in [5, 5.41) is 0. The predicted molar refractivity (Wildman–Crippen MR) is 152 cm³/mol. The van der Waals surface area contributed by atoms with Gasteiger partial charge in [-0.15, -0.1) is 11.8 Å². The number of hydrogen-bond acceptors (Lipinski definition) is 5. The van der Waals surface area contributed by atoms with Gasteiger partial charge in [0.2, 0.25) is 0 Å². The molecule has 1 atom stereocenters. The molecular weight excluding hydrogens is 480 g/mol. The first kappa shape index (κ1) is 28.5. The van der Waals surface area contributed by atoms with E-state index in [9.17, 15) is 9.59 Å². The van der Waals surface area contributed by atoms with E-state index >= 15 is 0 Å². The predicted octanol–water partition coefficient (Wildman–Crippen LogP) is 8.49. The van der Waals surface area contributed by atoms with Crippen molar-refractivity contribution in [1.29, 1.82) is 0 Å². The molecule has 0 saturated carbocycles. The standard InChI is InChI=1S/C32H38O4S/c1-3-4-5-6-7-8-12-23-37-30-21-19-28(20-22-30)27-15-17-29(18-16-27)32(34)36-25(2)31(33)35-24-26-13-10-9-11-14-26/h9-11,13-22,25H,3-8,12,23-24H2,1-2H3/t25-/m0/s1. The van der Waals surface area contributed by atoms with Gasteiger partial charge >= 0.3 is 11.9 Å². The minimum absolute atomic E-state index is 0.146. The van der Waals surface area contributed by atoms with Gasteiger partial charge in [-0.2, -0.15) is 0 Å². The Hall–Kier alpha value is -3.05. The molecule has 0 unspecified atom stereocenters. The maximum atomic E-state index is 12.5. The third-order valence-corrected chi connectivity index (χ3v) is 7.26. The molecule has 3 rings (SSSR count). The Balaban J connectivity index is 1.41. The normalized spacial score (nSPS) is 11.6. The molecule has 0 bridgehead atoms. The van der Waals surface area contributed by atoms with E-state index in [-0.39, 0.29) is 6.61 Å². The molecule has 0 saturated heterocycles. The van der Waals surface area contributed by atoms with Crippen LogP contribution in [0.2, 0.25) is 0 Å². The van der Waals surface area contributed by atoms with E-state index < -0.39 is 18.0 Å². The van der Waals surface area contributed by atoms with Gasteiger partial charge in [-0.05, 0) is 60.1 Å². The summed E-state index contributed by atoms with van der Waals surface area (Å²) in [7, 11) is 0. The Bertz CT molecular complexity index is 1080. The van der Waals surface area contributed by atoms with E-state index in [4.69, 9.17) is 9.47 Å². The van der Waals surface area contributed by atoms with Crippen molar-refractivity contribution in [1.82, 2.24) is 0 Å². The van der Waals surface area contributed by atoms with Crippen LogP contribution < -0.4 is 0 Å². The van der Waals surface area contributed by atoms with Crippen molar-refractivity contribution in [2.45, 2.75) is 76.4 Å². The lowest BCUT2D eigenvalue weighted by molar-refractivity contribution is -0.154. The van der Waals surface area contributed by atoms with Gasteiger partial charge in [-0.3, -0.25) is 0 Å². The second-order valence-electron chi connectivity index (χ2n) is 9.21. The summed E-state index contributed by atoms with van der Waals surface area (Å²) >= 11 is 1.91. The molecule has 0 radical (unpaired) electrons. The molecule has 37 heavy (non-hydrogen) atoms. The molecule has 0 amide bonds. The first-order chi connectivity index (χ1) is 18.1. The molecule has 0 fully saturated rings. The average molecular weight is 519 g/mol. The van der Waals surface area contributed by atoms with Crippen molar-refractivity contribution in [3.63, 3.8) is 0 Å². The van der Waals surface area contributed by atoms with E-state index in [1.54, 1.807) is 12.1 Å². The summed E-state index contributed by atoms with van der Waals surface area (Å²) in [6.45, 7) is 3.92. The van der Waals surface area contributed by atoms with Crippen LogP contribution >= 0.6 is 11.8 Å². The van der Waals surface area contributed by atoms with Gasteiger partial charge in [0, 0.05) is 4.90 Å². The molecule has 5 heteroatoms. The van der Waals surface area contributed by atoms with E-state index in [0.717, 1.165) is 22.4 Å². The number of carbonyl (C=O) groups excluding carboxylic acids is 2. The number of unbranched alkanes of at least 4 members (excludes halogenated alkanes) is 6. The minimum atomic E-state index is -0.984. The van der Waals surface area contributed by atoms with Crippen LogP contribution in [0.3, 0.4) is 0 Å². The molecule has 0 aliphatic carbocycles. The fourth-order valence-corrected chi connectivity index (χ4v) is 4.83. The highest BCUT2D eigenvalue weighted by Gasteiger charge is 2.20. The third-order valence-electron chi connectivity index (χ3n) is 6.16. The zero-order chi connectivity index (χ0) is 26.3. The van der Waals surface area contributed by atoms with Gasteiger partial charge in [-0.25, -0.2) is 9.59 Å². The number of ether oxygens (including phenoxy) is 2. The maximum Gasteiger partial charge on any atom is 0.347 e. The van der Waals surface area contributed by atoms with E-state index in [1.807, 2.05) is 54.2 Å². The maximum absolute atomic E-state index is 12.5. The lowest BCUT2D eigenvalue weighted by Crippen LogP contribution is -2.26. The Labute approximate surface area is 225 Å². The molecule has 0 heterocycles. The Kier molecular flexibility index (Phi) is 12.3. The summed E-state index contributed by atoms with van der Waals surface area (Å²) in [5.41, 5.74) is 3.40. The summed E-state index contributed by atoms with van der Waals surface area (Å²) in [6.07, 6.45) is 8.34. The number of benzene rings is 3. The van der Waals surface area contributed by atoms with Crippen molar-refractivity contribution in [2.75, 3.05) is 5.75 Å². The molecular formula is C32H38O4S. The molecule has 196 valence electrons. The number of esters is 2. The number of thioether (sulfide) groups is 1. The molecule has 3 aromatic carbocycles. The van der Waals surface area contributed by atoms with Crippen LogP contribution in [0.25, 0.3) is 11.1 Å². The zero-order valence-corrected chi connectivity index (χ0v) is 22.8. The Morgan fingerprint density at radius 2 is 1.35 bits per heavy atom.